The van der Waals surface area contributed by atoms with E-state index >= 15 is 0 Å². The highest BCUT2D eigenvalue weighted by atomic mass is 79.9. The number of hydrogen-bond acceptors (Lipinski definition) is 3. The summed E-state index contributed by atoms with van der Waals surface area (Å²) in [5.74, 6) is -0.957. The van der Waals surface area contributed by atoms with Crippen LogP contribution in [0.4, 0.5) is 0 Å². The fourth-order valence-corrected chi connectivity index (χ4v) is 1.83. The summed E-state index contributed by atoms with van der Waals surface area (Å²) in [7, 11) is 0. The molecule has 2 rings (SSSR count). The van der Waals surface area contributed by atoms with Crippen LogP contribution in [0.2, 0.25) is 0 Å². The first-order valence-corrected chi connectivity index (χ1v) is 5.24. The summed E-state index contributed by atoms with van der Waals surface area (Å²) in [6.45, 7) is 1.07. The fraction of sp³-hybridized carbons (Fsp3) is 0.300. The van der Waals surface area contributed by atoms with Gasteiger partial charge in [-0.3, -0.25) is 0 Å². The van der Waals surface area contributed by atoms with Gasteiger partial charge in [-0.2, -0.15) is 0 Å². The van der Waals surface area contributed by atoms with Crippen molar-refractivity contribution in [2.45, 2.75) is 6.29 Å². The van der Waals surface area contributed by atoms with Crippen LogP contribution in [0, 0.1) is 0 Å². The minimum atomic E-state index is -0.957. The van der Waals surface area contributed by atoms with Crippen LogP contribution in [-0.4, -0.2) is 24.3 Å². The lowest BCUT2D eigenvalue weighted by molar-refractivity contribution is -0.0446. The quantitative estimate of drug-likeness (QED) is 0.897. The van der Waals surface area contributed by atoms with Crippen molar-refractivity contribution < 1.29 is 19.4 Å². The monoisotopic (exact) mass is 272 g/mol. The highest BCUT2D eigenvalue weighted by molar-refractivity contribution is 9.10. The average molecular weight is 273 g/mol. The second-order valence-corrected chi connectivity index (χ2v) is 3.97. The molecular weight excluding hydrogens is 264 g/mol. The Morgan fingerprint density at radius 3 is 2.67 bits per heavy atom. The van der Waals surface area contributed by atoms with Gasteiger partial charge in [-0.05, 0) is 18.2 Å². The van der Waals surface area contributed by atoms with Gasteiger partial charge in [0, 0.05) is 10.0 Å². The summed E-state index contributed by atoms with van der Waals surface area (Å²) >= 11 is 3.34. The molecule has 1 fully saturated rings. The fourth-order valence-electron chi connectivity index (χ4n) is 1.40. The van der Waals surface area contributed by atoms with E-state index in [0.717, 1.165) is 4.47 Å². The summed E-state index contributed by atoms with van der Waals surface area (Å²) in [6.07, 6.45) is -0.460. The number of carboxylic acids is 1. The van der Waals surface area contributed by atoms with E-state index in [-0.39, 0.29) is 5.56 Å². The summed E-state index contributed by atoms with van der Waals surface area (Å²) in [5.41, 5.74) is 0.944. The molecule has 0 bridgehead atoms. The molecule has 4 nitrogen and oxygen atoms in total. The SMILES string of the molecule is O=C(O)c1ccc(Br)c(C2OCCO2)c1. The maximum Gasteiger partial charge on any atom is 0.335 e. The molecule has 1 aromatic rings. The summed E-state index contributed by atoms with van der Waals surface area (Å²) in [4.78, 5) is 10.8. The molecule has 0 atom stereocenters. The van der Waals surface area contributed by atoms with Crippen molar-refractivity contribution in [3.8, 4) is 0 Å². The second kappa shape index (κ2) is 4.30. The normalized spacial score (nSPS) is 16.9. The first-order chi connectivity index (χ1) is 7.18. The van der Waals surface area contributed by atoms with Gasteiger partial charge in [0.25, 0.3) is 0 Å². The maximum absolute atomic E-state index is 10.8. The third kappa shape index (κ3) is 2.19. The summed E-state index contributed by atoms with van der Waals surface area (Å²) in [5, 5.41) is 8.85. The van der Waals surface area contributed by atoms with E-state index in [1.54, 1.807) is 12.1 Å². The maximum atomic E-state index is 10.8. The highest BCUT2D eigenvalue weighted by Crippen LogP contribution is 2.30. The van der Waals surface area contributed by atoms with Gasteiger partial charge in [0.15, 0.2) is 6.29 Å². The molecule has 1 aliphatic heterocycles. The molecule has 80 valence electrons. The molecule has 15 heavy (non-hydrogen) atoms. The van der Waals surface area contributed by atoms with Crippen LogP contribution in [0.25, 0.3) is 0 Å². The van der Waals surface area contributed by atoms with Crippen molar-refractivity contribution in [2.24, 2.45) is 0 Å². The molecular formula is C10H9BrO4. The Morgan fingerprint density at radius 2 is 2.07 bits per heavy atom. The molecule has 1 N–H and O–H groups in total. The lowest BCUT2D eigenvalue weighted by Crippen LogP contribution is -2.03. The lowest BCUT2D eigenvalue weighted by Gasteiger charge is -2.11. The number of carboxylic acid groups (broad SMARTS) is 1. The van der Waals surface area contributed by atoms with Crippen molar-refractivity contribution in [1.29, 1.82) is 0 Å². The molecule has 1 aromatic carbocycles. The van der Waals surface area contributed by atoms with Crippen LogP contribution in [0.15, 0.2) is 22.7 Å². The van der Waals surface area contributed by atoms with E-state index < -0.39 is 12.3 Å². The van der Waals surface area contributed by atoms with Crippen LogP contribution in [0.3, 0.4) is 0 Å². The number of aromatic carboxylic acids is 1. The standard InChI is InChI=1S/C10H9BrO4/c11-8-2-1-6(9(12)13)5-7(8)10-14-3-4-15-10/h1-2,5,10H,3-4H2,(H,12,13). The smallest absolute Gasteiger partial charge is 0.335 e. The third-order valence-electron chi connectivity index (χ3n) is 2.12. The molecule has 0 spiro atoms. The summed E-state index contributed by atoms with van der Waals surface area (Å²) < 4.78 is 11.4. The predicted molar refractivity (Wildman–Crippen MR) is 55.7 cm³/mol. The number of carbonyl (C=O) groups is 1. The topological polar surface area (TPSA) is 55.8 Å². The zero-order valence-corrected chi connectivity index (χ0v) is 9.36. The Bertz CT molecular complexity index is 385. The van der Waals surface area contributed by atoms with Gasteiger partial charge in [-0.25, -0.2) is 4.79 Å². The first kappa shape index (κ1) is 10.6. The van der Waals surface area contributed by atoms with Gasteiger partial charge in [0.05, 0.1) is 18.8 Å². The molecule has 1 aliphatic rings. The van der Waals surface area contributed by atoms with Crippen LogP contribution < -0.4 is 0 Å². The Labute approximate surface area is 94.9 Å². The Hall–Kier alpha value is -0.910. The Morgan fingerprint density at radius 1 is 1.40 bits per heavy atom. The molecule has 0 aliphatic carbocycles. The van der Waals surface area contributed by atoms with Gasteiger partial charge in [-0.1, -0.05) is 15.9 Å². The van der Waals surface area contributed by atoms with Crippen molar-refractivity contribution in [2.75, 3.05) is 13.2 Å². The second-order valence-electron chi connectivity index (χ2n) is 3.11. The molecule has 0 radical (unpaired) electrons. The van der Waals surface area contributed by atoms with Crippen molar-refractivity contribution >= 4 is 21.9 Å². The van der Waals surface area contributed by atoms with Crippen LogP contribution in [0.1, 0.15) is 22.2 Å². The van der Waals surface area contributed by atoms with E-state index in [1.165, 1.54) is 6.07 Å². The summed E-state index contributed by atoms with van der Waals surface area (Å²) in [6, 6.07) is 4.77. The number of benzene rings is 1. The van der Waals surface area contributed by atoms with Crippen molar-refractivity contribution in [3.63, 3.8) is 0 Å². The molecule has 0 aromatic heterocycles. The van der Waals surface area contributed by atoms with Crippen LogP contribution in [0.5, 0.6) is 0 Å². The van der Waals surface area contributed by atoms with Gasteiger partial charge in [0.1, 0.15) is 0 Å². The number of halogens is 1. The Balaban J connectivity index is 2.35. The van der Waals surface area contributed by atoms with Gasteiger partial charge < -0.3 is 14.6 Å². The first-order valence-electron chi connectivity index (χ1n) is 4.44. The molecule has 5 heteroatoms. The highest BCUT2D eigenvalue weighted by Gasteiger charge is 2.21. The minimum Gasteiger partial charge on any atom is -0.478 e. The van der Waals surface area contributed by atoms with E-state index in [0.29, 0.717) is 18.8 Å². The van der Waals surface area contributed by atoms with Gasteiger partial charge >= 0.3 is 5.97 Å². The zero-order valence-electron chi connectivity index (χ0n) is 7.77. The zero-order chi connectivity index (χ0) is 10.8. The lowest BCUT2D eigenvalue weighted by atomic mass is 10.1. The predicted octanol–water partition coefficient (Wildman–Crippen LogP) is 2.19. The molecule has 0 saturated carbocycles. The largest absolute Gasteiger partial charge is 0.478 e. The van der Waals surface area contributed by atoms with Crippen molar-refractivity contribution in [3.05, 3.63) is 33.8 Å². The van der Waals surface area contributed by atoms with Crippen LogP contribution in [-0.2, 0) is 9.47 Å². The van der Waals surface area contributed by atoms with E-state index in [4.69, 9.17) is 14.6 Å². The van der Waals surface area contributed by atoms with Crippen molar-refractivity contribution in [1.82, 2.24) is 0 Å². The van der Waals surface area contributed by atoms with E-state index in [1.807, 2.05) is 0 Å². The number of ether oxygens (including phenoxy) is 2. The Kier molecular flexibility index (Phi) is 3.04. The molecule has 0 amide bonds. The number of rotatable bonds is 2. The van der Waals surface area contributed by atoms with E-state index in [9.17, 15) is 4.79 Å². The van der Waals surface area contributed by atoms with Gasteiger partial charge in [-0.15, -0.1) is 0 Å². The van der Waals surface area contributed by atoms with E-state index in [2.05, 4.69) is 15.9 Å². The molecule has 1 saturated heterocycles. The average Bonchev–Trinajstić information content (AvgIpc) is 2.71. The van der Waals surface area contributed by atoms with Crippen LogP contribution >= 0.6 is 15.9 Å². The third-order valence-corrected chi connectivity index (χ3v) is 2.84. The minimum absolute atomic E-state index is 0.229. The number of hydrogen-bond donors (Lipinski definition) is 1. The van der Waals surface area contributed by atoms with Gasteiger partial charge in [0.2, 0.25) is 0 Å². The molecule has 1 heterocycles. The molecule has 0 unspecified atom stereocenters.